The van der Waals surface area contributed by atoms with Gasteiger partial charge in [0.05, 0.1) is 11.3 Å². The lowest BCUT2D eigenvalue weighted by Crippen LogP contribution is -2.29. The third-order valence-electron chi connectivity index (χ3n) is 3.83. The van der Waals surface area contributed by atoms with Crippen LogP contribution in [0, 0.1) is 13.8 Å². The molecule has 3 aromatic rings. The van der Waals surface area contributed by atoms with E-state index in [1.165, 1.54) is 18.5 Å². The smallest absolute Gasteiger partial charge is 0.335 e. The van der Waals surface area contributed by atoms with Crippen LogP contribution in [0.1, 0.15) is 21.7 Å². The van der Waals surface area contributed by atoms with Crippen LogP contribution in [0.5, 0.6) is 0 Å². The monoisotopic (exact) mass is 354 g/mol. The Balaban J connectivity index is 1.54. The number of nitrogens with zero attached hydrogens (tertiary/aromatic N) is 4. The van der Waals surface area contributed by atoms with E-state index in [0.717, 1.165) is 17.7 Å². The highest BCUT2D eigenvalue weighted by Crippen LogP contribution is 2.13. The minimum absolute atomic E-state index is 0.292. The number of rotatable bonds is 6. The number of imidazole rings is 1. The first-order valence-electron chi connectivity index (χ1n) is 7.98. The standard InChI is InChI=1S/C17H18N6O3/c1-11-12(2)23(10-22-11)15-7-14(20-9-21-15)18-5-6-19-17(25)13-3-4-16(24)26-8-13/h3-4,7-10H,5-6H2,1-2H3,(H,19,25)(H,18,20,21). The van der Waals surface area contributed by atoms with Crippen molar-refractivity contribution in [2.24, 2.45) is 0 Å². The van der Waals surface area contributed by atoms with Gasteiger partial charge in [0.2, 0.25) is 0 Å². The van der Waals surface area contributed by atoms with Crippen LogP contribution in [-0.4, -0.2) is 38.5 Å². The summed E-state index contributed by atoms with van der Waals surface area (Å²) in [5, 5.41) is 5.85. The largest absolute Gasteiger partial charge is 0.430 e. The van der Waals surface area contributed by atoms with Crippen LogP contribution in [0.2, 0.25) is 0 Å². The van der Waals surface area contributed by atoms with Crippen molar-refractivity contribution in [1.82, 2.24) is 24.8 Å². The van der Waals surface area contributed by atoms with Crippen LogP contribution in [0.3, 0.4) is 0 Å². The molecule has 0 saturated heterocycles. The average Bonchev–Trinajstić information content (AvgIpc) is 2.98. The summed E-state index contributed by atoms with van der Waals surface area (Å²) in [6.07, 6.45) is 4.32. The van der Waals surface area contributed by atoms with Crippen molar-refractivity contribution in [3.63, 3.8) is 0 Å². The van der Waals surface area contributed by atoms with Gasteiger partial charge in [-0.25, -0.2) is 19.7 Å². The first-order chi connectivity index (χ1) is 12.5. The average molecular weight is 354 g/mol. The van der Waals surface area contributed by atoms with Crippen molar-refractivity contribution < 1.29 is 9.21 Å². The van der Waals surface area contributed by atoms with Crippen LogP contribution in [0.15, 0.2) is 46.3 Å². The van der Waals surface area contributed by atoms with Crippen LogP contribution < -0.4 is 16.3 Å². The minimum Gasteiger partial charge on any atom is -0.430 e. The zero-order chi connectivity index (χ0) is 18.5. The van der Waals surface area contributed by atoms with Gasteiger partial charge >= 0.3 is 5.63 Å². The first-order valence-corrected chi connectivity index (χ1v) is 7.98. The van der Waals surface area contributed by atoms with Gasteiger partial charge in [-0.2, -0.15) is 0 Å². The Morgan fingerprint density at radius 2 is 2.04 bits per heavy atom. The van der Waals surface area contributed by atoms with Gasteiger partial charge in [0.15, 0.2) is 0 Å². The molecule has 0 fully saturated rings. The SMILES string of the molecule is Cc1ncn(-c2cc(NCCNC(=O)c3ccc(=O)oc3)ncn2)c1C. The summed E-state index contributed by atoms with van der Waals surface area (Å²) in [4.78, 5) is 35.5. The Labute approximate surface area is 149 Å². The highest BCUT2D eigenvalue weighted by molar-refractivity contribution is 5.93. The van der Waals surface area contributed by atoms with Crippen LogP contribution in [0.25, 0.3) is 5.82 Å². The number of hydrogen-bond donors (Lipinski definition) is 2. The molecule has 26 heavy (non-hydrogen) atoms. The van der Waals surface area contributed by atoms with E-state index in [4.69, 9.17) is 0 Å². The van der Waals surface area contributed by atoms with Gasteiger partial charge in [-0.3, -0.25) is 9.36 Å². The van der Waals surface area contributed by atoms with Crippen LogP contribution in [-0.2, 0) is 0 Å². The van der Waals surface area contributed by atoms with Gasteiger partial charge in [0, 0.05) is 30.9 Å². The van der Waals surface area contributed by atoms with Gasteiger partial charge in [0.1, 0.15) is 30.6 Å². The number of carbonyl (C=O) groups excluding carboxylic acids is 1. The van der Waals surface area contributed by atoms with Gasteiger partial charge in [-0.15, -0.1) is 0 Å². The maximum Gasteiger partial charge on any atom is 0.335 e. The number of aryl methyl sites for hydroxylation is 1. The van der Waals surface area contributed by atoms with E-state index in [9.17, 15) is 9.59 Å². The molecule has 134 valence electrons. The Hall–Kier alpha value is -3.49. The summed E-state index contributed by atoms with van der Waals surface area (Å²) in [6, 6.07) is 4.43. The molecule has 0 radical (unpaired) electrons. The number of amides is 1. The molecule has 0 aliphatic heterocycles. The third-order valence-corrected chi connectivity index (χ3v) is 3.83. The third kappa shape index (κ3) is 3.94. The first kappa shape index (κ1) is 17.3. The summed E-state index contributed by atoms with van der Waals surface area (Å²) in [5.74, 6) is 1.04. The lowest BCUT2D eigenvalue weighted by atomic mass is 10.3. The molecular formula is C17H18N6O3. The molecular weight excluding hydrogens is 336 g/mol. The van der Waals surface area contributed by atoms with Crippen molar-refractivity contribution in [2.45, 2.75) is 13.8 Å². The van der Waals surface area contributed by atoms with Crippen molar-refractivity contribution in [2.75, 3.05) is 18.4 Å². The molecule has 9 nitrogen and oxygen atoms in total. The molecule has 2 N–H and O–H groups in total. The summed E-state index contributed by atoms with van der Waals surface area (Å²) in [6.45, 7) is 4.76. The Bertz CT molecular complexity index is 958. The highest BCUT2D eigenvalue weighted by atomic mass is 16.4. The maximum atomic E-state index is 11.9. The number of carbonyl (C=O) groups is 1. The van der Waals surface area contributed by atoms with Gasteiger partial charge in [0.25, 0.3) is 5.91 Å². The van der Waals surface area contributed by atoms with Gasteiger partial charge in [-0.1, -0.05) is 0 Å². The zero-order valence-corrected chi connectivity index (χ0v) is 14.4. The summed E-state index contributed by atoms with van der Waals surface area (Å²) >= 11 is 0. The Kier molecular flexibility index (Phi) is 5.07. The fourth-order valence-corrected chi connectivity index (χ4v) is 2.26. The van der Waals surface area contributed by atoms with E-state index in [-0.39, 0.29) is 5.91 Å². The number of nitrogens with one attached hydrogen (secondary N) is 2. The van der Waals surface area contributed by atoms with E-state index >= 15 is 0 Å². The van der Waals surface area contributed by atoms with E-state index in [0.29, 0.717) is 30.3 Å². The molecule has 0 aliphatic carbocycles. The molecule has 3 aromatic heterocycles. The topological polar surface area (TPSA) is 115 Å². The molecule has 0 spiro atoms. The maximum absolute atomic E-state index is 11.9. The summed E-state index contributed by atoms with van der Waals surface area (Å²) in [7, 11) is 0. The van der Waals surface area contributed by atoms with Crippen LogP contribution >= 0.6 is 0 Å². The molecule has 0 bridgehead atoms. The molecule has 0 atom stereocenters. The summed E-state index contributed by atoms with van der Waals surface area (Å²) in [5.41, 5.74) is 1.75. The van der Waals surface area contributed by atoms with E-state index in [1.54, 1.807) is 6.33 Å². The fraction of sp³-hybridized carbons (Fsp3) is 0.235. The Morgan fingerprint density at radius 3 is 2.73 bits per heavy atom. The van der Waals surface area contributed by atoms with Crippen molar-refractivity contribution in [3.05, 3.63) is 64.5 Å². The zero-order valence-electron chi connectivity index (χ0n) is 14.4. The van der Waals surface area contributed by atoms with Gasteiger partial charge < -0.3 is 15.1 Å². The molecule has 3 rings (SSSR count). The van der Waals surface area contributed by atoms with Crippen molar-refractivity contribution in [3.8, 4) is 5.82 Å². The Morgan fingerprint density at radius 1 is 1.19 bits per heavy atom. The minimum atomic E-state index is -0.494. The quantitative estimate of drug-likeness (QED) is 0.636. The predicted octanol–water partition coefficient (Wildman–Crippen LogP) is 1.07. The lowest BCUT2D eigenvalue weighted by Gasteiger charge is -2.09. The summed E-state index contributed by atoms with van der Waals surface area (Å²) < 4.78 is 6.55. The second-order valence-electron chi connectivity index (χ2n) is 5.57. The van der Waals surface area contributed by atoms with E-state index in [2.05, 4.69) is 30.0 Å². The lowest BCUT2D eigenvalue weighted by molar-refractivity contribution is 0.0952. The van der Waals surface area contributed by atoms with E-state index in [1.807, 2.05) is 24.5 Å². The van der Waals surface area contributed by atoms with Crippen molar-refractivity contribution in [1.29, 1.82) is 0 Å². The molecule has 1 amide bonds. The number of aromatic nitrogens is 4. The van der Waals surface area contributed by atoms with E-state index < -0.39 is 5.63 Å². The molecule has 0 unspecified atom stereocenters. The highest BCUT2D eigenvalue weighted by Gasteiger charge is 2.08. The fourth-order valence-electron chi connectivity index (χ4n) is 2.26. The predicted molar refractivity (Wildman–Crippen MR) is 94.4 cm³/mol. The number of hydrogen-bond acceptors (Lipinski definition) is 7. The molecule has 3 heterocycles. The molecule has 9 heteroatoms. The molecule has 0 aromatic carbocycles. The normalized spacial score (nSPS) is 10.5. The number of anilines is 1. The second-order valence-corrected chi connectivity index (χ2v) is 5.57. The van der Waals surface area contributed by atoms with Crippen LogP contribution in [0.4, 0.5) is 5.82 Å². The second kappa shape index (κ2) is 7.60. The molecule has 0 aliphatic rings. The van der Waals surface area contributed by atoms with Gasteiger partial charge in [-0.05, 0) is 19.9 Å². The van der Waals surface area contributed by atoms with Crippen molar-refractivity contribution >= 4 is 11.7 Å². The molecule has 0 saturated carbocycles.